The number of carbonyl (C=O) groups excluding carboxylic acids is 1. The first-order valence-electron chi connectivity index (χ1n) is 9.64. The Kier molecular flexibility index (Phi) is 6.34. The van der Waals surface area contributed by atoms with Gasteiger partial charge in [-0.05, 0) is 52.3 Å². The van der Waals surface area contributed by atoms with Crippen LogP contribution in [-0.4, -0.2) is 13.1 Å². The maximum absolute atomic E-state index is 13.8. The molecule has 0 saturated carbocycles. The normalized spacial score (nSPS) is 11.3. The van der Waals surface area contributed by atoms with Crippen molar-refractivity contribution in [1.82, 2.24) is 0 Å². The Morgan fingerprint density at radius 1 is 0.971 bits per heavy atom. The van der Waals surface area contributed by atoms with Crippen LogP contribution < -0.4 is 19.6 Å². The third kappa shape index (κ3) is 4.62. The number of alkyl halides is 3. The Bertz CT molecular complexity index is 1450. The molecule has 0 amide bonds. The fourth-order valence-corrected chi connectivity index (χ4v) is 3.55. The topological polar surface area (TPSA) is 75.0 Å². The summed E-state index contributed by atoms with van der Waals surface area (Å²) in [5, 5.41) is -0.196. The van der Waals surface area contributed by atoms with E-state index in [1.807, 2.05) is 0 Å². The fraction of sp³-hybridized carbons (Fsp3) is 0.0833. The van der Waals surface area contributed by atoms with Crippen molar-refractivity contribution in [1.29, 1.82) is 0 Å². The number of para-hydroxylation sites is 2. The summed E-state index contributed by atoms with van der Waals surface area (Å²) in [5.41, 5.74) is -1.27. The van der Waals surface area contributed by atoms with Crippen LogP contribution in [0.15, 0.2) is 80.4 Å². The highest BCUT2D eigenvalue weighted by atomic mass is 79.9. The van der Waals surface area contributed by atoms with Crippen molar-refractivity contribution in [2.45, 2.75) is 6.18 Å². The summed E-state index contributed by atoms with van der Waals surface area (Å²) in [6.07, 6.45) is -5.05. The lowest BCUT2D eigenvalue weighted by Crippen LogP contribution is -2.16. The zero-order valence-electron chi connectivity index (χ0n) is 17.3. The van der Waals surface area contributed by atoms with E-state index < -0.39 is 34.7 Å². The van der Waals surface area contributed by atoms with Gasteiger partial charge in [0.25, 0.3) is 5.76 Å². The van der Waals surface area contributed by atoms with Gasteiger partial charge in [0.05, 0.1) is 18.1 Å². The summed E-state index contributed by atoms with van der Waals surface area (Å²) in [4.78, 5) is 25.4. The number of methoxy groups -OCH3 is 1. The molecule has 0 aliphatic heterocycles. The average Bonchev–Trinajstić information content (AvgIpc) is 2.80. The standard InChI is InChI=1S/C24H14BrF3O6/c1-31-17-8-4-5-9-18(17)33-21-20(29)15-11-10-13(12-19(15)34-22(21)24(26,27)28)32-23(30)14-6-2-3-7-16(14)25/h2-12H,1H3. The van der Waals surface area contributed by atoms with Crippen molar-refractivity contribution < 1.29 is 36.6 Å². The summed E-state index contributed by atoms with van der Waals surface area (Å²) in [6.45, 7) is 0. The molecule has 10 heteroatoms. The number of esters is 1. The largest absolute Gasteiger partial charge is 0.493 e. The third-order valence-corrected chi connectivity index (χ3v) is 5.36. The van der Waals surface area contributed by atoms with Crippen molar-refractivity contribution in [2.75, 3.05) is 7.11 Å². The molecular weight excluding hydrogens is 521 g/mol. The van der Waals surface area contributed by atoms with E-state index in [1.54, 1.807) is 24.3 Å². The fourth-order valence-electron chi connectivity index (χ4n) is 3.10. The monoisotopic (exact) mass is 534 g/mol. The molecule has 0 aliphatic carbocycles. The number of fused-ring (bicyclic) bond motifs is 1. The van der Waals surface area contributed by atoms with E-state index >= 15 is 0 Å². The SMILES string of the molecule is COc1ccccc1Oc1c(C(F)(F)F)oc2cc(OC(=O)c3ccccc3Br)ccc2c1=O. The summed E-state index contributed by atoms with van der Waals surface area (Å²) < 4.78 is 62.5. The van der Waals surface area contributed by atoms with Crippen molar-refractivity contribution >= 4 is 32.9 Å². The number of hydrogen-bond donors (Lipinski definition) is 0. The van der Waals surface area contributed by atoms with Gasteiger partial charge in [-0.25, -0.2) is 4.79 Å². The molecule has 4 aromatic rings. The number of rotatable bonds is 5. The predicted octanol–water partition coefficient (Wildman–Crippen LogP) is 6.59. The van der Waals surface area contributed by atoms with Crippen molar-refractivity contribution in [3.05, 3.63) is 92.7 Å². The van der Waals surface area contributed by atoms with E-state index in [9.17, 15) is 22.8 Å². The van der Waals surface area contributed by atoms with E-state index in [0.717, 1.165) is 6.07 Å². The van der Waals surface area contributed by atoms with E-state index in [-0.39, 0.29) is 28.2 Å². The number of hydrogen-bond acceptors (Lipinski definition) is 6. The van der Waals surface area contributed by atoms with Gasteiger partial charge in [-0.1, -0.05) is 24.3 Å². The Morgan fingerprint density at radius 3 is 2.32 bits per heavy atom. The van der Waals surface area contributed by atoms with Crippen LogP contribution in [0.25, 0.3) is 11.0 Å². The molecular formula is C24H14BrF3O6. The Morgan fingerprint density at radius 2 is 1.65 bits per heavy atom. The highest BCUT2D eigenvalue weighted by molar-refractivity contribution is 9.10. The second-order valence-electron chi connectivity index (χ2n) is 6.87. The van der Waals surface area contributed by atoms with Gasteiger partial charge in [0.15, 0.2) is 11.5 Å². The molecule has 0 unspecified atom stereocenters. The molecule has 0 radical (unpaired) electrons. The van der Waals surface area contributed by atoms with Gasteiger partial charge in [0, 0.05) is 10.5 Å². The molecule has 0 spiro atoms. The number of benzene rings is 3. The molecule has 0 aliphatic rings. The van der Waals surface area contributed by atoms with E-state index in [2.05, 4.69) is 15.9 Å². The molecule has 4 rings (SSSR count). The number of ether oxygens (including phenoxy) is 3. The highest BCUT2D eigenvalue weighted by Crippen LogP contribution is 2.40. The van der Waals surface area contributed by atoms with Crippen LogP contribution in [0.4, 0.5) is 13.2 Å². The van der Waals surface area contributed by atoms with Crippen molar-refractivity contribution in [3.63, 3.8) is 0 Å². The minimum atomic E-state index is -5.05. The molecule has 3 aromatic carbocycles. The van der Waals surface area contributed by atoms with E-state index in [4.69, 9.17) is 18.6 Å². The molecule has 0 fully saturated rings. The second kappa shape index (κ2) is 9.22. The highest BCUT2D eigenvalue weighted by Gasteiger charge is 2.40. The zero-order chi connectivity index (χ0) is 24.5. The van der Waals surface area contributed by atoms with Crippen LogP contribution in [0.2, 0.25) is 0 Å². The summed E-state index contributed by atoms with van der Waals surface area (Å²) >= 11 is 3.23. The molecule has 0 bridgehead atoms. The van der Waals surface area contributed by atoms with Gasteiger partial charge in [0.2, 0.25) is 11.2 Å². The van der Waals surface area contributed by atoms with Gasteiger partial charge in [0.1, 0.15) is 11.3 Å². The van der Waals surface area contributed by atoms with Gasteiger partial charge in [-0.3, -0.25) is 4.79 Å². The van der Waals surface area contributed by atoms with Crippen LogP contribution in [0, 0.1) is 0 Å². The first kappa shape index (κ1) is 23.4. The Labute approximate surface area is 198 Å². The van der Waals surface area contributed by atoms with Gasteiger partial charge in [-0.15, -0.1) is 0 Å². The van der Waals surface area contributed by atoms with Crippen LogP contribution >= 0.6 is 15.9 Å². The van der Waals surface area contributed by atoms with E-state index in [1.165, 1.54) is 43.5 Å². The smallest absolute Gasteiger partial charge is 0.453 e. The molecule has 6 nitrogen and oxygen atoms in total. The minimum Gasteiger partial charge on any atom is -0.493 e. The molecule has 174 valence electrons. The quantitative estimate of drug-likeness (QED) is 0.212. The van der Waals surface area contributed by atoms with Crippen molar-refractivity contribution in [3.8, 4) is 23.0 Å². The molecule has 0 atom stereocenters. The maximum atomic E-state index is 13.8. The average molecular weight is 535 g/mol. The predicted molar refractivity (Wildman–Crippen MR) is 120 cm³/mol. The molecule has 0 saturated heterocycles. The summed E-state index contributed by atoms with van der Waals surface area (Å²) in [7, 11) is 1.31. The summed E-state index contributed by atoms with van der Waals surface area (Å²) in [5.74, 6) is -3.50. The molecule has 34 heavy (non-hydrogen) atoms. The zero-order valence-corrected chi connectivity index (χ0v) is 18.9. The lowest BCUT2D eigenvalue weighted by Gasteiger charge is -2.15. The maximum Gasteiger partial charge on any atom is 0.453 e. The Balaban J connectivity index is 1.78. The van der Waals surface area contributed by atoms with Gasteiger partial charge >= 0.3 is 12.1 Å². The molecule has 1 heterocycles. The van der Waals surface area contributed by atoms with Crippen LogP contribution in [-0.2, 0) is 6.18 Å². The minimum absolute atomic E-state index is 0.0962. The Hall–Kier alpha value is -3.79. The lowest BCUT2D eigenvalue weighted by atomic mass is 10.2. The third-order valence-electron chi connectivity index (χ3n) is 4.67. The summed E-state index contributed by atoms with van der Waals surface area (Å²) in [6, 6.07) is 15.9. The first-order chi connectivity index (χ1) is 16.2. The lowest BCUT2D eigenvalue weighted by molar-refractivity contribution is -0.154. The molecule has 1 aromatic heterocycles. The van der Waals surface area contributed by atoms with Crippen LogP contribution in [0.1, 0.15) is 16.1 Å². The van der Waals surface area contributed by atoms with Crippen molar-refractivity contribution in [2.24, 2.45) is 0 Å². The number of carbonyl (C=O) groups is 1. The van der Waals surface area contributed by atoms with E-state index in [0.29, 0.717) is 4.47 Å². The first-order valence-corrected chi connectivity index (χ1v) is 10.4. The second-order valence-corrected chi connectivity index (χ2v) is 7.72. The number of halogens is 4. The molecule has 0 N–H and O–H groups in total. The van der Waals surface area contributed by atoms with Crippen LogP contribution in [0.3, 0.4) is 0 Å². The van der Waals surface area contributed by atoms with Crippen LogP contribution in [0.5, 0.6) is 23.0 Å². The van der Waals surface area contributed by atoms with Gasteiger partial charge in [-0.2, -0.15) is 13.2 Å². The van der Waals surface area contributed by atoms with Gasteiger partial charge < -0.3 is 18.6 Å².